The average Bonchev–Trinajstić information content (AvgIpc) is 3.08. The largest absolute Gasteiger partial charge is 0.482 e. The highest BCUT2D eigenvalue weighted by Crippen LogP contribution is 2.28. The first-order valence-corrected chi connectivity index (χ1v) is 8.19. The maximum atomic E-state index is 10.5. The van der Waals surface area contributed by atoms with Crippen molar-refractivity contribution in [2.75, 3.05) is 26.3 Å². The summed E-state index contributed by atoms with van der Waals surface area (Å²) < 4.78 is 11.0. The number of oxime groups is 1. The summed E-state index contributed by atoms with van der Waals surface area (Å²) in [6, 6.07) is 7.22. The molecule has 0 spiro atoms. The highest BCUT2D eigenvalue weighted by molar-refractivity contribution is 5.86. The molecule has 2 heterocycles. The highest BCUT2D eigenvalue weighted by atomic mass is 16.6. The Balaban J connectivity index is 1.44. The Morgan fingerprint density at radius 2 is 2.04 bits per heavy atom. The molecule has 0 radical (unpaired) electrons. The molecule has 24 heavy (non-hydrogen) atoms. The van der Waals surface area contributed by atoms with Crippen molar-refractivity contribution in [2.45, 2.75) is 31.5 Å². The number of nitrogens with zero attached hydrogens (tertiary/aromatic N) is 1. The molecule has 7 heteroatoms. The van der Waals surface area contributed by atoms with Crippen molar-refractivity contribution in [1.82, 2.24) is 5.32 Å². The van der Waals surface area contributed by atoms with Crippen molar-refractivity contribution >= 4 is 11.7 Å². The predicted molar refractivity (Wildman–Crippen MR) is 87.3 cm³/mol. The Labute approximate surface area is 140 Å². The number of carboxylic acid groups (broad SMARTS) is 1. The summed E-state index contributed by atoms with van der Waals surface area (Å²) in [6.07, 6.45) is 2.97. The van der Waals surface area contributed by atoms with Crippen LogP contribution in [0.4, 0.5) is 0 Å². The molecule has 2 aliphatic heterocycles. The van der Waals surface area contributed by atoms with Gasteiger partial charge in [-0.1, -0.05) is 17.3 Å². The third-order valence-electron chi connectivity index (χ3n) is 4.12. The molecule has 2 N–H and O–H groups in total. The number of benzene rings is 1. The molecule has 1 atom stereocenters. The lowest BCUT2D eigenvalue weighted by molar-refractivity contribution is -0.139. The first-order valence-electron chi connectivity index (χ1n) is 8.19. The maximum absolute atomic E-state index is 10.5. The van der Waals surface area contributed by atoms with Crippen LogP contribution in [0.2, 0.25) is 0 Å². The summed E-state index contributed by atoms with van der Waals surface area (Å²) in [5.41, 5.74) is 1.91. The maximum Gasteiger partial charge on any atom is 0.341 e. The lowest BCUT2D eigenvalue weighted by Gasteiger charge is -2.22. The summed E-state index contributed by atoms with van der Waals surface area (Å²) in [7, 11) is 0. The Hall–Kier alpha value is -2.12. The number of nitrogens with one attached hydrogen (secondary N) is 1. The number of rotatable bonds is 7. The minimum Gasteiger partial charge on any atom is -0.482 e. The van der Waals surface area contributed by atoms with Gasteiger partial charge in [-0.3, -0.25) is 0 Å². The Morgan fingerprint density at radius 3 is 2.75 bits per heavy atom. The second-order valence-electron chi connectivity index (χ2n) is 5.97. The lowest BCUT2D eigenvalue weighted by atomic mass is 10.0. The summed E-state index contributed by atoms with van der Waals surface area (Å²) in [6.45, 7) is 2.18. The summed E-state index contributed by atoms with van der Waals surface area (Å²) in [5.74, 6) is -0.473. The SMILES string of the molecule is O=C(O)COc1ccc(C2CC(COC3CCNCC3)=NO2)cc1. The van der Waals surface area contributed by atoms with E-state index in [-0.39, 0.29) is 12.7 Å². The van der Waals surface area contributed by atoms with E-state index in [9.17, 15) is 4.79 Å². The molecule has 0 aromatic heterocycles. The van der Waals surface area contributed by atoms with Gasteiger partial charge in [-0.25, -0.2) is 4.79 Å². The topological polar surface area (TPSA) is 89.4 Å². The van der Waals surface area contributed by atoms with E-state index in [1.165, 1.54) is 0 Å². The van der Waals surface area contributed by atoms with Gasteiger partial charge in [0.15, 0.2) is 12.7 Å². The van der Waals surface area contributed by atoms with E-state index in [1.54, 1.807) is 12.1 Å². The smallest absolute Gasteiger partial charge is 0.341 e. The van der Waals surface area contributed by atoms with Crippen LogP contribution in [0.15, 0.2) is 29.4 Å². The van der Waals surface area contributed by atoms with Crippen molar-refractivity contribution in [3.63, 3.8) is 0 Å². The normalized spacial score (nSPS) is 21.2. The van der Waals surface area contributed by atoms with E-state index in [4.69, 9.17) is 19.4 Å². The second-order valence-corrected chi connectivity index (χ2v) is 5.97. The van der Waals surface area contributed by atoms with E-state index in [2.05, 4.69) is 10.5 Å². The molecule has 0 saturated carbocycles. The molecule has 1 aromatic carbocycles. The summed E-state index contributed by atoms with van der Waals surface area (Å²) in [5, 5.41) is 16.0. The first kappa shape index (κ1) is 16.7. The monoisotopic (exact) mass is 334 g/mol. The van der Waals surface area contributed by atoms with Gasteiger partial charge in [0.05, 0.1) is 18.4 Å². The van der Waals surface area contributed by atoms with Gasteiger partial charge in [0.25, 0.3) is 0 Å². The van der Waals surface area contributed by atoms with E-state index >= 15 is 0 Å². The number of carbonyl (C=O) groups is 1. The molecule has 7 nitrogen and oxygen atoms in total. The minimum atomic E-state index is -0.995. The van der Waals surface area contributed by atoms with Crippen LogP contribution in [0.3, 0.4) is 0 Å². The van der Waals surface area contributed by atoms with Gasteiger partial charge < -0.3 is 24.7 Å². The van der Waals surface area contributed by atoms with Gasteiger partial charge in [0.1, 0.15) is 5.75 Å². The van der Waals surface area contributed by atoms with Gasteiger partial charge in [-0.15, -0.1) is 0 Å². The zero-order valence-corrected chi connectivity index (χ0v) is 13.4. The van der Waals surface area contributed by atoms with E-state index < -0.39 is 5.97 Å². The van der Waals surface area contributed by atoms with Crippen molar-refractivity contribution in [2.24, 2.45) is 5.16 Å². The molecule has 130 valence electrons. The van der Waals surface area contributed by atoms with Gasteiger partial charge in [-0.05, 0) is 43.6 Å². The van der Waals surface area contributed by atoms with E-state index in [0.29, 0.717) is 24.9 Å². The van der Waals surface area contributed by atoms with Crippen LogP contribution in [-0.2, 0) is 14.4 Å². The van der Waals surface area contributed by atoms with Crippen LogP contribution in [-0.4, -0.2) is 49.2 Å². The Morgan fingerprint density at radius 1 is 1.29 bits per heavy atom. The number of ether oxygens (including phenoxy) is 2. The van der Waals surface area contributed by atoms with Gasteiger partial charge in [0, 0.05) is 6.42 Å². The fraction of sp³-hybridized carbons (Fsp3) is 0.529. The van der Waals surface area contributed by atoms with Gasteiger partial charge in [-0.2, -0.15) is 0 Å². The zero-order valence-electron chi connectivity index (χ0n) is 13.4. The molecular formula is C17H22N2O5. The number of aliphatic carboxylic acids is 1. The molecule has 1 saturated heterocycles. The first-order chi connectivity index (χ1) is 11.7. The zero-order chi connectivity index (χ0) is 16.8. The van der Waals surface area contributed by atoms with E-state index in [0.717, 1.165) is 37.2 Å². The van der Waals surface area contributed by atoms with Crippen LogP contribution < -0.4 is 10.1 Å². The third-order valence-corrected chi connectivity index (χ3v) is 4.12. The van der Waals surface area contributed by atoms with Crippen LogP contribution in [0.1, 0.15) is 30.9 Å². The van der Waals surface area contributed by atoms with Crippen LogP contribution in [0.25, 0.3) is 0 Å². The highest BCUT2D eigenvalue weighted by Gasteiger charge is 2.24. The van der Waals surface area contributed by atoms with Crippen molar-refractivity contribution < 1.29 is 24.2 Å². The van der Waals surface area contributed by atoms with Crippen LogP contribution in [0, 0.1) is 0 Å². The lowest BCUT2D eigenvalue weighted by Crippen LogP contribution is -2.33. The number of carboxylic acids is 1. The Kier molecular flexibility index (Phi) is 5.66. The summed E-state index contributed by atoms with van der Waals surface area (Å²) >= 11 is 0. The standard InChI is InChI=1S/C17H22N2O5/c20-17(21)11-23-14-3-1-12(2-4-14)16-9-13(19-24-16)10-22-15-5-7-18-8-6-15/h1-4,15-16,18H,5-11H2,(H,20,21). The average molecular weight is 334 g/mol. The third kappa shape index (κ3) is 4.69. The molecular weight excluding hydrogens is 312 g/mol. The van der Waals surface area contributed by atoms with Crippen molar-refractivity contribution in [1.29, 1.82) is 0 Å². The molecule has 2 aliphatic rings. The minimum absolute atomic E-state index is 0.120. The molecule has 1 aromatic rings. The molecule has 0 amide bonds. The fourth-order valence-electron chi connectivity index (χ4n) is 2.79. The van der Waals surface area contributed by atoms with Crippen LogP contribution in [0.5, 0.6) is 5.75 Å². The summed E-state index contributed by atoms with van der Waals surface area (Å²) in [4.78, 5) is 16.0. The molecule has 0 bridgehead atoms. The number of piperidine rings is 1. The van der Waals surface area contributed by atoms with Crippen molar-refractivity contribution in [3.8, 4) is 5.75 Å². The van der Waals surface area contributed by atoms with Gasteiger partial charge in [0.2, 0.25) is 0 Å². The van der Waals surface area contributed by atoms with E-state index in [1.807, 2.05) is 12.1 Å². The Bertz CT molecular complexity index is 581. The quantitative estimate of drug-likeness (QED) is 0.789. The number of hydrogen-bond donors (Lipinski definition) is 2. The molecule has 1 unspecified atom stereocenters. The molecule has 0 aliphatic carbocycles. The molecule has 1 fully saturated rings. The fourth-order valence-corrected chi connectivity index (χ4v) is 2.79. The molecule has 3 rings (SSSR count). The number of hydrogen-bond acceptors (Lipinski definition) is 6. The second kappa shape index (κ2) is 8.12. The van der Waals surface area contributed by atoms with Gasteiger partial charge >= 0.3 is 5.97 Å². The predicted octanol–water partition coefficient (Wildman–Crippen LogP) is 1.74. The van der Waals surface area contributed by atoms with Crippen LogP contribution >= 0.6 is 0 Å². The van der Waals surface area contributed by atoms with Crippen molar-refractivity contribution in [3.05, 3.63) is 29.8 Å².